The second kappa shape index (κ2) is 19.9. The fraction of sp³-hybridized carbons (Fsp3) is 0.697. The predicted molar refractivity (Wildman–Crippen MR) is 155 cm³/mol. The molecule has 0 amide bonds. The molecule has 37 heavy (non-hydrogen) atoms. The highest BCUT2D eigenvalue weighted by molar-refractivity contribution is 6.00. The fourth-order valence-electron chi connectivity index (χ4n) is 5.40. The number of unbranched alkanes of at least 4 members (excludes halogenated alkanes) is 2. The molecule has 1 aliphatic rings. The zero-order valence-electron chi connectivity index (χ0n) is 25.1. The Morgan fingerprint density at radius 1 is 0.892 bits per heavy atom. The fourth-order valence-corrected chi connectivity index (χ4v) is 5.40. The first-order valence-corrected chi connectivity index (χ1v) is 14.7. The molecule has 0 saturated carbocycles. The van der Waals surface area contributed by atoms with Gasteiger partial charge in [-0.05, 0) is 69.4 Å². The molecule has 0 aromatic heterocycles. The minimum Gasteiger partial charge on any atom is -0.300 e. The third kappa shape index (κ3) is 13.9. The van der Waals surface area contributed by atoms with E-state index in [-0.39, 0.29) is 41.4 Å². The van der Waals surface area contributed by atoms with Gasteiger partial charge in [-0.2, -0.15) is 0 Å². The van der Waals surface area contributed by atoms with Crippen molar-refractivity contribution < 1.29 is 19.2 Å². The first kappa shape index (κ1) is 34.9. The van der Waals surface area contributed by atoms with Crippen LogP contribution in [-0.4, -0.2) is 23.1 Å². The van der Waals surface area contributed by atoms with E-state index in [0.29, 0.717) is 12.3 Å². The SMILES string of the molecule is CCCC(C)=O.CCCC(CC1CC(=O)c2c(C)cccc2C1)C(CC)C(=O)CC(C)=O.CCCCC. The van der Waals surface area contributed by atoms with Gasteiger partial charge >= 0.3 is 0 Å². The van der Waals surface area contributed by atoms with E-state index in [2.05, 4.69) is 26.8 Å². The van der Waals surface area contributed by atoms with Crippen molar-refractivity contribution in [3.05, 3.63) is 34.9 Å². The lowest BCUT2D eigenvalue weighted by molar-refractivity contribution is -0.130. The van der Waals surface area contributed by atoms with Crippen LogP contribution in [0.2, 0.25) is 0 Å². The van der Waals surface area contributed by atoms with Gasteiger partial charge in [-0.1, -0.05) is 84.9 Å². The molecule has 1 aliphatic carbocycles. The summed E-state index contributed by atoms with van der Waals surface area (Å²) in [5.41, 5.74) is 3.14. The van der Waals surface area contributed by atoms with Crippen molar-refractivity contribution in [1.82, 2.24) is 0 Å². The Morgan fingerprint density at radius 3 is 1.97 bits per heavy atom. The molecular weight excluding hydrogens is 460 g/mol. The van der Waals surface area contributed by atoms with E-state index in [1.165, 1.54) is 26.2 Å². The molecule has 0 fully saturated rings. The zero-order chi connectivity index (χ0) is 28.4. The summed E-state index contributed by atoms with van der Waals surface area (Å²) in [4.78, 5) is 46.7. The quantitative estimate of drug-likeness (QED) is 0.247. The number of Topliss-reactive ketones (excluding diaryl/α,β-unsaturated/α-hetero) is 4. The van der Waals surface area contributed by atoms with Crippen LogP contribution in [0.3, 0.4) is 0 Å². The molecule has 0 radical (unpaired) electrons. The number of ketones is 4. The van der Waals surface area contributed by atoms with Crippen LogP contribution < -0.4 is 0 Å². The number of benzene rings is 1. The van der Waals surface area contributed by atoms with Crippen LogP contribution in [-0.2, 0) is 20.8 Å². The van der Waals surface area contributed by atoms with Gasteiger partial charge < -0.3 is 4.79 Å². The normalized spacial score (nSPS) is 15.8. The largest absolute Gasteiger partial charge is 0.300 e. The highest BCUT2D eigenvalue weighted by atomic mass is 16.1. The lowest BCUT2D eigenvalue weighted by Gasteiger charge is -2.31. The molecule has 0 bridgehead atoms. The molecule has 0 heterocycles. The molecule has 3 unspecified atom stereocenters. The Bertz CT molecular complexity index is 837. The van der Waals surface area contributed by atoms with Gasteiger partial charge in [0.25, 0.3) is 0 Å². The van der Waals surface area contributed by atoms with Gasteiger partial charge in [0.15, 0.2) is 5.78 Å². The van der Waals surface area contributed by atoms with Gasteiger partial charge in [-0.15, -0.1) is 0 Å². The van der Waals surface area contributed by atoms with E-state index >= 15 is 0 Å². The predicted octanol–water partition coefficient (Wildman–Crippen LogP) is 8.69. The maximum Gasteiger partial charge on any atom is 0.163 e. The van der Waals surface area contributed by atoms with Crippen molar-refractivity contribution in [3.8, 4) is 0 Å². The Balaban J connectivity index is 0.000000987. The minimum atomic E-state index is -0.0622. The summed E-state index contributed by atoms with van der Waals surface area (Å²) in [5, 5.41) is 0. The molecule has 3 atom stereocenters. The first-order chi connectivity index (χ1) is 17.6. The summed E-state index contributed by atoms with van der Waals surface area (Å²) < 4.78 is 0. The van der Waals surface area contributed by atoms with Gasteiger partial charge in [-0.25, -0.2) is 0 Å². The Morgan fingerprint density at radius 2 is 1.54 bits per heavy atom. The van der Waals surface area contributed by atoms with Crippen LogP contribution in [0.25, 0.3) is 0 Å². The lowest BCUT2D eigenvalue weighted by Crippen LogP contribution is -2.29. The molecule has 1 aromatic rings. The molecule has 0 spiro atoms. The molecule has 0 saturated heterocycles. The number of carbonyl (C=O) groups excluding carboxylic acids is 4. The van der Waals surface area contributed by atoms with Gasteiger partial charge in [-0.3, -0.25) is 14.4 Å². The summed E-state index contributed by atoms with van der Waals surface area (Å²) in [6, 6.07) is 6.10. The summed E-state index contributed by atoms with van der Waals surface area (Å²) in [5.74, 6) is 1.06. The Kier molecular flexibility index (Phi) is 18.8. The third-order valence-electron chi connectivity index (χ3n) is 7.07. The van der Waals surface area contributed by atoms with Crippen LogP contribution in [0.15, 0.2) is 18.2 Å². The van der Waals surface area contributed by atoms with Crippen molar-refractivity contribution in [1.29, 1.82) is 0 Å². The van der Waals surface area contributed by atoms with E-state index in [1.54, 1.807) is 6.92 Å². The van der Waals surface area contributed by atoms with E-state index in [9.17, 15) is 19.2 Å². The summed E-state index contributed by atoms with van der Waals surface area (Å²) >= 11 is 0. The van der Waals surface area contributed by atoms with Crippen molar-refractivity contribution >= 4 is 23.1 Å². The average molecular weight is 515 g/mol. The number of hydrogen-bond donors (Lipinski definition) is 0. The molecule has 4 heteroatoms. The van der Waals surface area contributed by atoms with E-state index < -0.39 is 0 Å². The lowest BCUT2D eigenvalue weighted by atomic mass is 9.72. The molecule has 0 aliphatic heterocycles. The maximum atomic E-state index is 12.7. The van der Waals surface area contributed by atoms with E-state index in [4.69, 9.17) is 0 Å². The van der Waals surface area contributed by atoms with Crippen molar-refractivity contribution in [2.24, 2.45) is 17.8 Å². The number of carbonyl (C=O) groups is 4. The van der Waals surface area contributed by atoms with E-state index in [1.807, 2.05) is 32.9 Å². The van der Waals surface area contributed by atoms with Crippen LogP contribution in [0.1, 0.15) is 141 Å². The number of fused-ring (bicyclic) bond motifs is 1. The summed E-state index contributed by atoms with van der Waals surface area (Å²) in [7, 11) is 0. The second-order valence-electron chi connectivity index (χ2n) is 10.8. The minimum absolute atomic E-state index is 0.0460. The molecule has 210 valence electrons. The molecule has 0 N–H and O–H groups in total. The van der Waals surface area contributed by atoms with Crippen molar-refractivity contribution in [2.45, 2.75) is 132 Å². The van der Waals surface area contributed by atoms with Crippen LogP contribution in [0.5, 0.6) is 0 Å². The summed E-state index contributed by atoms with van der Waals surface area (Å²) in [6.45, 7) is 15.7. The average Bonchev–Trinajstić information content (AvgIpc) is 2.80. The van der Waals surface area contributed by atoms with Crippen molar-refractivity contribution in [2.75, 3.05) is 0 Å². The smallest absolute Gasteiger partial charge is 0.163 e. The van der Waals surface area contributed by atoms with Gasteiger partial charge in [0, 0.05) is 24.3 Å². The molecular formula is C33H54O4. The molecule has 1 aromatic carbocycles. The molecule has 2 rings (SSSR count). The Labute approximate surface area is 227 Å². The number of aryl methyl sites for hydroxylation is 1. The van der Waals surface area contributed by atoms with Gasteiger partial charge in [0.05, 0.1) is 6.42 Å². The van der Waals surface area contributed by atoms with Gasteiger partial charge in [0.2, 0.25) is 0 Å². The Hall–Kier alpha value is -2.10. The monoisotopic (exact) mass is 514 g/mol. The highest BCUT2D eigenvalue weighted by Crippen LogP contribution is 2.36. The number of hydrogen-bond acceptors (Lipinski definition) is 4. The number of rotatable bonds is 13. The highest BCUT2D eigenvalue weighted by Gasteiger charge is 2.32. The summed E-state index contributed by atoms with van der Waals surface area (Å²) in [6.07, 6.45) is 11.0. The van der Waals surface area contributed by atoms with E-state index in [0.717, 1.165) is 61.6 Å². The van der Waals surface area contributed by atoms with Crippen LogP contribution in [0, 0.1) is 24.7 Å². The zero-order valence-corrected chi connectivity index (χ0v) is 25.1. The first-order valence-electron chi connectivity index (χ1n) is 14.7. The van der Waals surface area contributed by atoms with Gasteiger partial charge in [0.1, 0.15) is 17.3 Å². The maximum absolute atomic E-state index is 12.7. The van der Waals surface area contributed by atoms with Crippen LogP contribution >= 0.6 is 0 Å². The second-order valence-corrected chi connectivity index (χ2v) is 10.8. The standard InChI is InChI=1S/C23H32O3.C5H10O.C5H12/c1-5-8-18(20(6-2)21(25)11-16(4)24)12-17-13-19-10-7-9-15(3)23(19)22(26)14-17;1-3-4-5(2)6;1-3-5-4-2/h7,9-10,17-18,20H,5-6,8,11-14H2,1-4H3;3-4H2,1-2H3;3-5H2,1-2H3. The third-order valence-corrected chi connectivity index (χ3v) is 7.07. The van der Waals surface area contributed by atoms with Crippen LogP contribution in [0.4, 0.5) is 0 Å². The topological polar surface area (TPSA) is 68.3 Å². The molecule has 4 nitrogen and oxygen atoms in total. The van der Waals surface area contributed by atoms with Crippen molar-refractivity contribution in [3.63, 3.8) is 0 Å².